The fourth-order valence-corrected chi connectivity index (χ4v) is 4.68. The normalized spacial score (nSPS) is 23.3. The van der Waals surface area contributed by atoms with E-state index in [1.807, 2.05) is 66.8 Å². The molecule has 2 amide bonds. The van der Waals surface area contributed by atoms with Crippen molar-refractivity contribution in [1.29, 1.82) is 0 Å². The van der Waals surface area contributed by atoms with Crippen LogP contribution in [-0.2, 0) is 16.0 Å². The summed E-state index contributed by atoms with van der Waals surface area (Å²) in [7, 11) is 0. The molecule has 3 rings (SSSR count). The summed E-state index contributed by atoms with van der Waals surface area (Å²) in [4.78, 5) is 27.6. The summed E-state index contributed by atoms with van der Waals surface area (Å²) in [5, 5.41) is 7.32. The van der Waals surface area contributed by atoms with E-state index in [9.17, 15) is 9.59 Å². The standard InChI is InChI=1S/C26H31N5O2S/c1-19(27)29-30-25(28)21-15-13-20(14-16-21)10-6-5-9-17-31-24(32)18-23(26(31)33)34-22-11-7-3-2-4-8-12-22/h2-4,7-8,11-16,23H,5-6,9-10,17-18H2,1H3,(H2,27,29)(H2,28,30)/b3-2-,4-2?,7-3?,8-4-,11-7-,12-8?,22-11?,22-12+. The van der Waals surface area contributed by atoms with Crippen LogP contribution in [-0.4, -0.2) is 40.2 Å². The van der Waals surface area contributed by atoms with Crippen molar-refractivity contribution in [3.63, 3.8) is 0 Å². The maximum Gasteiger partial charge on any atom is 0.243 e. The Morgan fingerprint density at radius 3 is 2.50 bits per heavy atom. The maximum absolute atomic E-state index is 12.8. The van der Waals surface area contributed by atoms with Gasteiger partial charge in [0.05, 0.1) is 5.25 Å². The van der Waals surface area contributed by atoms with Crippen molar-refractivity contribution < 1.29 is 9.59 Å². The molecule has 0 bridgehead atoms. The highest BCUT2D eigenvalue weighted by atomic mass is 32.2. The van der Waals surface area contributed by atoms with Gasteiger partial charge >= 0.3 is 0 Å². The van der Waals surface area contributed by atoms with Crippen molar-refractivity contribution in [3.8, 4) is 0 Å². The van der Waals surface area contributed by atoms with Crippen molar-refractivity contribution in [2.75, 3.05) is 6.54 Å². The van der Waals surface area contributed by atoms with Gasteiger partial charge < -0.3 is 11.5 Å². The fraction of sp³-hybridized carbons (Fsp3) is 0.308. The van der Waals surface area contributed by atoms with Crippen LogP contribution in [0.15, 0.2) is 81.9 Å². The van der Waals surface area contributed by atoms with E-state index in [4.69, 9.17) is 11.5 Å². The van der Waals surface area contributed by atoms with Gasteiger partial charge in [-0.1, -0.05) is 61.1 Å². The summed E-state index contributed by atoms with van der Waals surface area (Å²) in [6, 6.07) is 7.88. The third-order valence-corrected chi connectivity index (χ3v) is 6.56. The number of allylic oxidation sites excluding steroid dienone is 7. The van der Waals surface area contributed by atoms with Gasteiger partial charge in [0.1, 0.15) is 5.84 Å². The number of unbranched alkanes of at least 4 members (excludes halogenated alkanes) is 2. The fourth-order valence-electron chi connectivity index (χ4n) is 3.58. The van der Waals surface area contributed by atoms with Gasteiger partial charge in [-0.05, 0) is 43.9 Å². The van der Waals surface area contributed by atoms with Crippen molar-refractivity contribution in [2.45, 2.75) is 44.3 Å². The molecule has 1 aliphatic carbocycles. The minimum atomic E-state index is -0.339. The molecule has 0 spiro atoms. The zero-order chi connectivity index (χ0) is 24.3. The molecule has 178 valence electrons. The number of aryl methyl sites for hydroxylation is 1. The smallest absolute Gasteiger partial charge is 0.243 e. The molecule has 1 fully saturated rings. The Bertz CT molecular complexity index is 1060. The first-order chi connectivity index (χ1) is 16.4. The highest BCUT2D eigenvalue weighted by Gasteiger charge is 2.38. The first-order valence-corrected chi connectivity index (χ1v) is 12.3. The maximum atomic E-state index is 12.8. The summed E-state index contributed by atoms with van der Waals surface area (Å²) < 4.78 is 0. The molecule has 0 saturated carbocycles. The van der Waals surface area contributed by atoms with E-state index in [-0.39, 0.29) is 23.5 Å². The van der Waals surface area contributed by atoms with Crippen LogP contribution in [0.4, 0.5) is 0 Å². The highest BCUT2D eigenvalue weighted by molar-refractivity contribution is 8.04. The largest absolute Gasteiger partial charge is 0.386 e. The van der Waals surface area contributed by atoms with Crippen molar-refractivity contribution in [2.24, 2.45) is 21.7 Å². The predicted molar refractivity (Wildman–Crippen MR) is 140 cm³/mol. The quantitative estimate of drug-likeness (QED) is 0.175. The van der Waals surface area contributed by atoms with Crippen LogP contribution in [0.3, 0.4) is 0 Å². The summed E-state index contributed by atoms with van der Waals surface area (Å²) in [6.45, 7) is 2.14. The zero-order valence-corrected chi connectivity index (χ0v) is 20.2. The molecule has 1 aromatic rings. The van der Waals surface area contributed by atoms with Crippen LogP contribution in [0.1, 0.15) is 43.7 Å². The lowest BCUT2D eigenvalue weighted by Crippen LogP contribution is -2.32. The van der Waals surface area contributed by atoms with Crippen molar-refractivity contribution in [1.82, 2.24) is 4.90 Å². The van der Waals surface area contributed by atoms with E-state index in [1.165, 1.54) is 22.2 Å². The molecule has 1 aromatic carbocycles. The third-order valence-electron chi connectivity index (χ3n) is 5.36. The molecule has 8 heteroatoms. The number of benzene rings is 1. The lowest BCUT2D eigenvalue weighted by molar-refractivity contribution is -0.138. The number of amides is 2. The molecule has 0 radical (unpaired) electrons. The molecule has 1 atom stereocenters. The third kappa shape index (κ3) is 7.59. The Morgan fingerprint density at radius 2 is 1.74 bits per heavy atom. The summed E-state index contributed by atoms with van der Waals surface area (Å²) >= 11 is 1.46. The SMILES string of the molecule is C/C(N)=N/N=C(\N)c1ccc(CCCCCN2C(=O)CC(SC3=C/C=C\C=C/C=C\3)C2=O)cc1. The average molecular weight is 478 g/mol. The van der Waals surface area contributed by atoms with Gasteiger partial charge in [0.25, 0.3) is 0 Å². The summed E-state index contributed by atoms with van der Waals surface area (Å²) in [6.07, 6.45) is 17.5. The number of hydrogen-bond acceptors (Lipinski definition) is 5. The van der Waals surface area contributed by atoms with E-state index in [0.717, 1.165) is 36.2 Å². The molecule has 0 aromatic heterocycles. The van der Waals surface area contributed by atoms with Crippen molar-refractivity contribution >= 4 is 35.2 Å². The second-order valence-electron chi connectivity index (χ2n) is 8.13. The minimum absolute atomic E-state index is 0.0719. The number of carbonyl (C=O) groups excluding carboxylic acids is 2. The number of nitrogens with two attached hydrogens (primary N) is 2. The lowest BCUT2D eigenvalue weighted by atomic mass is 10.0. The molecule has 1 heterocycles. The lowest BCUT2D eigenvalue weighted by Gasteiger charge is -2.15. The first-order valence-electron chi connectivity index (χ1n) is 11.4. The number of rotatable bonds is 10. The number of likely N-dealkylation sites (tertiary alicyclic amines) is 1. The van der Waals surface area contributed by atoms with E-state index in [0.29, 0.717) is 18.2 Å². The van der Waals surface area contributed by atoms with Gasteiger partial charge in [0.2, 0.25) is 11.8 Å². The molecule has 7 nitrogen and oxygen atoms in total. The van der Waals surface area contributed by atoms with Crippen LogP contribution in [0.25, 0.3) is 0 Å². The molecular weight excluding hydrogens is 446 g/mol. The Morgan fingerprint density at radius 1 is 1.00 bits per heavy atom. The molecule has 1 saturated heterocycles. The van der Waals surface area contributed by atoms with Gasteiger partial charge in [-0.3, -0.25) is 14.5 Å². The van der Waals surface area contributed by atoms with E-state index >= 15 is 0 Å². The second kappa shape index (κ2) is 12.7. The van der Waals surface area contributed by atoms with Crippen LogP contribution in [0.2, 0.25) is 0 Å². The molecule has 34 heavy (non-hydrogen) atoms. The number of carbonyl (C=O) groups is 2. The molecule has 4 N–H and O–H groups in total. The summed E-state index contributed by atoms with van der Waals surface area (Å²) in [5.41, 5.74) is 13.4. The van der Waals surface area contributed by atoms with Gasteiger partial charge in [-0.25, -0.2) is 0 Å². The topological polar surface area (TPSA) is 114 Å². The minimum Gasteiger partial charge on any atom is -0.386 e. The summed E-state index contributed by atoms with van der Waals surface area (Å²) in [5.74, 6) is 0.529. The molecule has 2 aliphatic rings. The number of amidine groups is 2. The van der Waals surface area contributed by atoms with Crippen LogP contribution in [0, 0.1) is 0 Å². The van der Waals surface area contributed by atoms with Gasteiger partial charge in [0, 0.05) is 23.4 Å². The number of hydrogen-bond donors (Lipinski definition) is 2. The number of nitrogens with zero attached hydrogens (tertiary/aromatic N) is 3. The number of imide groups is 1. The molecule has 1 unspecified atom stereocenters. The number of thioether (sulfide) groups is 1. The Labute approximate surface area is 205 Å². The second-order valence-corrected chi connectivity index (χ2v) is 9.40. The van der Waals surface area contributed by atoms with Gasteiger partial charge in [-0.2, -0.15) is 0 Å². The Balaban J connectivity index is 1.41. The van der Waals surface area contributed by atoms with Crippen LogP contribution < -0.4 is 11.5 Å². The monoisotopic (exact) mass is 477 g/mol. The molecule has 1 aliphatic heterocycles. The van der Waals surface area contributed by atoms with Crippen LogP contribution >= 0.6 is 11.8 Å². The molecular formula is C26H31N5O2S. The van der Waals surface area contributed by atoms with Crippen molar-refractivity contribution in [3.05, 3.63) is 82.8 Å². The average Bonchev–Trinajstić information content (AvgIpc) is 3.06. The van der Waals surface area contributed by atoms with Gasteiger partial charge in [-0.15, -0.1) is 22.0 Å². The predicted octanol–water partition coefficient (Wildman–Crippen LogP) is 3.82. The van der Waals surface area contributed by atoms with E-state index in [2.05, 4.69) is 10.2 Å². The van der Waals surface area contributed by atoms with E-state index in [1.54, 1.807) is 6.92 Å². The zero-order valence-electron chi connectivity index (χ0n) is 19.4. The Kier molecular flexibility index (Phi) is 9.46. The Hall–Kier alpha value is -3.39. The van der Waals surface area contributed by atoms with Crippen LogP contribution in [0.5, 0.6) is 0 Å². The van der Waals surface area contributed by atoms with Gasteiger partial charge in [0.15, 0.2) is 5.84 Å². The highest BCUT2D eigenvalue weighted by Crippen LogP contribution is 2.32. The first kappa shape index (κ1) is 25.2. The van der Waals surface area contributed by atoms with E-state index < -0.39 is 0 Å².